The van der Waals surface area contributed by atoms with Gasteiger partial charge in [0.05, 0.1) is 12.7 Å². The van der Waals surface area contributed by atoms with Gasteiger partial charge in [0.15, 0.2) is 0 Å². The molecule has 0 fully saturated rings. The van der Waals surface area contributed by atoms with E-state index in [0.717, 1.165) is 6.20 Å². The highest BCUT2D eigenvalue weighted by Gasteiger charge is 2.34. The number of methoxy groups -OCH3 is 1. The smallest absolute Gasteiger partial charge is 0.418 e. The molecule has 2 aromatic heterocycles. The fraction of sp³-hybridized carbons (Fsp3) is 0.300. The van der Waals surface area contributed by atoms with Crippen molar-refractivity contribution in [2.75, 3.05) is 7.11 Å². The summed E-state index contributed by atoms with van der Waals surface area (Å²) in [6.45, 7) is 1.68. The van der Waals surface area contributed by atoms with E-state index in [1.807, 2.05) is 0 Å². The largest absolute Gasteiger partial charge is 0.479 e. The summed E-state index contributed by atoms with van der Waals surface area (Å²) in [4.78, 5) is 6.43. The van der Waals surface area contributed by atoms with E-state index < -0.39 is 11.7 Å². The SMILES string of the molecule is COc1ncc(C(F)(F)F)c2cc(C)[nH]c12. The third-order valence-corrected chi connectivity index (χ3v) is 2.27. The minimum atomic E-state index is -4.41. The van der Waals surface area contributed by atoms with Gasteiger partial charge in [0.2, 0.25) is 5.88 Å². The second-order valence-electron chi connectivity index (χ2n) is 3.42. The van der Waals surface area contributed by atoms with Crippen LogP contribution in [0.25, 0.3) is 10.9 Å². The van der Waals surface area contributed by atoms with Crippen LogP contribution in [0.1, 0.15) is 11.3 Å². The molecular formula is C10H9F3N2O. The van der Waals surface area contributed by atoms with Gasteiger partial charge in [0.25, 0.3) is 0 Å². The molecule has 0 atom stereocenters. The van der Waals surface area contributed by atoms with Crippen LogP contribution < -0.4 is 4.74 Å². The zero-order valence-electron chi connectivity index (χ0n) is 8.64. The highest BCUT2D eigenvalue weighted by atomic mass is 19.4. The van der Waals surface area contributed by atoms with E-state index in [0.29, 0.717) is 5.69 Å². The third kappa shape index (κ3) is 1.60. The number of nitrogens with one attached hydrogen (secondary N) is 1. The van der Waals surface area contributed by atoms with Crippen LogP contribution in [-0.4, -0.2) is 17.1 Å². The van der Waals surface area contributed by atoms with E-state index in [1.54, 1.807) is 6.92 Å². The predicted octanol–water partition coefficient (Wildman–Crippen LogP) is 2.90. The molecule has 0 amide bonds. The number of halogens is 3. The molecule has 1 N–H and O–H groups in total. The van der Waals surface area contributed by atoms with Crippen molar-refractivity contribution in [3.05, 3.63) is 23.5 Å². The molecule has 2 rings (SSSR count). The first-order valence-corrected chi connectivity index (χ1v) is 4.53. The Morgan fingerprint density at radius 3 is 2.62 bits per heavy atom. The summed E-state index contributed by atoms with van der Waals surface area (Å²) in [7, 11) is 1.37. The molecule has 0 aliphatic rings. The number of ether oxygens (including phenoxy) is 1. The topological polar surface area (TPSA) is 37.9 Å². The van der Waals surface area contributed by atoms with Gasteiger partial charge in [-0.3, -0.25) is 0 Å². The van der Waals surface area contributed by atoms with Crippen LogP contribution >= 0.6 is 0 Å². The maximum absolute atomic E-state index is 12.7. The number of nitrogens with zero attached hydrogens (tertiary/aromatic N) is 1. The van der Waals surface area contributed by atoms with Crippen LogP contribution in [0, 0.1) is 6.92 Å². The standard InChI is InChI=1S/C10H9F3N2O/c1-5-3-6-7(10(11,12)13)4-14-9(16-2)8(6)15-5/h3-4,15H,1-2H3. The monoisotopic (exact) mass is 230 g/mol. The highest BCUT2D eigenvalue weighted by Crippen LogP contribution is 2.36. The van der Waals surface area contributed by atoms with Gasteiger partial charge in [-0.2, -0.15) is 13.2 Å². The lowest BCUT2D eigenvalue weighted by Gasteiger charge is -2.08. The molecule has 86 valence electrons. The molecular weight excluding hydrogens is 221 g/mol. The van der Waals surface area contributed by atoms with E-state index in [9.17, 15) is 13.2 Å². The molecule has 2 aromatic rings. The third-order valence-electron chi connectivity index (χ3n) is 2.27. The number of rotatable bonds is 1. The van der Waals surface area contributed by atoms with E-state index in [2.05, 4.69) is 9.97 Å². The second kappa shape index (κ2) is 3.40. The van der Waals surface area contributed by atoms with Gasteiger partial charge >= 0.3 is 6.18 Å². The summed E-state index contributed by atoms with van der Waals surface area (Å²) < 4.78 is 42.9. The molecule has 0 aliphatic carbocycles. The zero-order chi connectivity index (χ0) is 11.9. The Kier molecular flexibility index (Phi) is 2.29. The van der Waals surface area contributed by atoms with Crippen LogP contribution in [-0.2, 0) is 6.18 Å². The molecule has 0 aromatic carbocycles. The number of fused-ring (bicyclic) bond motifs is 1. The predicted molar refractivity (Wildman–Crippen MR) is 52.4 cm³/mol. The van der Waals surface area contributed by atoms with Crippen molar-refractivity contribution in [1.82, 2.24) is 9.97 Å². The molecule has 3 nitrogen and oxygen atoms in total. The van der Waals surface area contributed by atoms with Crippen LogP contribution in [0.4, 0.5) is 13.2 Å². The van der Waals surface area contributed by atoms with E-state index >= 15 is 0 Å². The number of pyridine rings is 1. The average Bonchev–Trinajstić information content (AvgIpc) is 2.55. The van der Waals surface area contributed by atoms with Gasteiger partial charge in [-0.25, -0.2) is 4.98 Å². The quantitative estimate of drug-likeness (QED) is 0.817. The van der Waals surface area contributed by atoms with Crippen molar-refractivity contribution in [3.63, 3.8) is 0 Å². The lowest BCUT2D eigenvalue weighted by Crippen LogP contribution is -2.06. The summed E-state index contributed by atoms with van der Waals surface area (Å²) >= 11 is 0. The van der Waals surface area contributed by atoms with Crippen LogP contribution in [0.15, 0.2) is 12.3 Å². The first kappa shape index (κ1) is 10.8. The average molecular weight is 230 g/mol. The Balaban J connectivity index is 2.79. The molecule has 6 heteroatoms. The van der Waals surface area contributed by atoms with Gasteiger partial charge in [-0.05, 0) is 13.0 Å². The normalized spacial score (nSPS) is 12.1. The number of alkyl halides is 3. The number of H-pyrrole nitrogens is 1. The molecule has 0 unspecified atom stereocenters. The molecule has 0 radical (unpaired) electrons. The summed E-state index contributed by atoms with van der Waals surface area (Å²) in [5.74, 6) is 0.163. The molecule has 0 bridgehead atoms. The molecule has 0 aliphatic heterocycles. The molecule has 16 heavy (non-hydrogen) atoms. The Morgan fingerprint density at radius 2 is 2.06 bits per heavy atom. The first-order chi connectivity index (χ1) is 7.43. The van der Waals surface area contributed by atoms with Crippen molar-refractivity contribution in [1.29, 1.82) is 0 Å². The van der Waals surface area contributed by atoms with Crippen molar-refractivity contribution in [2.24, 2.45) is 0 Å². The van der Waals surface area contributed by atoms with Crippen LogP contribution in [0.3, 0.4) is 0 Å². The maximum atomic E-state index is 12.7. The Hall–Kier alpha value is -1.72. The highest BCUT2D eigenvalue weighted by molar-refractivity contribution is 5.87. The molecule has 2 heterocycles. The first-order valence-electron chi connectivity index (χ1n) is 4.53. The van der Waals surface area contributed by atoms with Gasteiger partial charge in [0, 0.05) is 17.3 Å². The zero-order valence-corrected chi connectivity index (χ0v) is 8.64. The van der Waals surface area contributed by atoms with Crippen molar-refractivity contribution in [3.8, 4) is 5.88 Å². The van der Waals surface area contributed by atoms with Gasteiger partial charge in [-0.15, -0.1) is 0 Å². The number of hydrogen-bond donors (Lipinski definition) is 1. The minimum absolute atomic E-state index is 0.0804. The van der Waals surface area contributed by atoms with Crippen molar-refractivity contribution in [2.45, 2.75) is 13.1 Å². The fourth-order valence-electron chi connectivity index (χ4n) is 1.61. The van der Waals surface area contributed by atoms with Gasteiger partial charge in [0.1, 0.15) is 5.52 Å². The Morgan fingerprint density at radius 1 is 1.38 bits per heavy atom. The summed E-state index contributed by atoms with van der Waals surface area (Å²) in [6, 6.07) is 1.43. The summed E-state index contributed by atoms with van der Waals surface area (Å²) in [6.07, 6.45) is -3.62. The van der Waals surface area contributed by atoms with Crippen molar-refractivity contribution < 1.29 is 17.9 Å². The number of hydrogen-bond acceptors (Lipinski definition) is 2. The minimum Gasteiger partial charge on any atom is -0.479 e. The lowest BCUT2D eigenvalue weighted by atomic mass is 10.2. The van der Waals surface area contributed by atoms with E-state index in [-0.39, 0.29) is 16.8 Å². The maximum Gasteiger partial charge on any atom is 0.418 e. The summed E-state index contributed by atoms with van der Waals surface area (Å²) in [5, 5.41) is 0.0804. The van der Waals surface area contributed by atoms with Crippen LogP contribution in [0.2, 0.25) is 0 Å². The molecule has 0 spiro atoms. The number of aromatic nitrogens is 2. The van der Waals surface area contributed by atoms with Crippen molar-refractivity contribution >= 4 is 10.9 Å². The van der Waals surface area contributed by atoms with Crippen LogP contribution in [0.5, 0.6) is 5.88 Å². The summed E-state index contributed by atoms with van der Waals surface area (Å²) in [5.41, 5.74) is 0.147. The Bertz CT molecular complexity index is 531. The van der Waals surface area contributed by atoms with Gasteiger partial charge in [-0.1, -0.05) is 0 Å². The second-order valence-corrected chi connectivity index (χ2v) is 3.42. The van der Waals surface area contributed by atoms with E-state index in [1.165, 1.54) is 13.2 Å². The van der Waals surface area contributed by atoms with Gasteiger partial charge < -0.3 is 9.72 Å². The van der Waals surface area contributed by atoms with E-state index in [4.69, 9.17) is 4.74 Å². The lowest BCUT2D eigenvalue weighted by molar-refractivity contribution is -0.136. The molecule has 0 saturated heterocycles. The number of aryl methyl sites for hydroxylation is 1. The molecule has 0 saturated carbocycles. The number of aromatic amines is 1. The Labute approximate surface area is 89.2 Å². The fourth-order valence-corrected chi connectivity index (χ4v) is 1.61.